The summed E-state index contributed by atoms with van der Waals surface area (Å²) in [7, 11) is 5.04. The molecule has 0 aliphatic rings. The Labute approximate surface area is 148 Å². The number of aliphatic hydroxyl groups is 1. The van der Waals surface area contributed by atoms with Crippen molar-refractivity contribution in [2.24, 2.45) is 0 Å². The second kappa shape index (κ2) is 7.26. The zero-order chi connectivity index (χ0) is 18.0. The number of aromatic hydroxyl groups is 1. The second-order valence-electron chi connectivity index (χ2n) is 5.47. The van der Waals surface area contributed by atoms with Crippen LogP contribution >= 0.6 is 11.3 Å². The molecule has 0 spiro atoms. The Hall–Kier alpha value is -2.36. The van der Waals surface area contributed by atoms with Gasteiger partial charge in [0.25, 0.3) is 0 Å². The fourth-order valence-corrected chi connectivity index (χ4v) is 3.91. The van der Waals surface area contributed by atoms with Gasteiger partial charge in [-0.15, -0.1) is 0 Å². The molecule has 0 bridgehead atoms. The van der Waals surface area contributed by atoms with E-state index in [1.165, 1.54) is 22.2 Å². The molecule has 0 saturated carbocycles. The highest BCUT2D eigenvalue weighted by molar-refractivity contribution is 7.17. The quantitative estimate of drug-likeness (QED) is 0.657. The van der Waals surface area contributed by atoms with E-state index in [0.717, 1.165) is 5.56 Å². The summed E-state index contributed by atoms with van der Waals surface area (Å²) in [6, 6.07) is 5.31. The molecule has 2 aromatic heterocycles. The average molecular weight is 364 g/mol. The van der Waals surface area contributed by atoms with Gasteiger partial charge in [-0.3, -0.25) is 4.90 Å². The summed E-state index contributed by atoms with van der Waals surface area (Å²) in [5.41, 5.74) is 0.897. The third kappa shape index (κ3) is 3.13. The lowest BCUT2D eigenvalue weighted by molar-refractivity contribution is 0.196. The Bertz CT molecular complexity index is 863. The molecule has 8 nitrogen and oxygen atoms in total. The normalized spacial score (nSPS) is 12.7. The summed E-state index contributed by atoms with van der Waals surface area (Å²) in [5.74, 6) is 1.27. The molecule has 2 heterocycles. The van der Waals surface area contributed by atoms with Gasteiger partial charge >= 0.3 is 0 Å². The van der Waals surface area contributed by atoms with Crippen molar-refractivity contribution in [2.45, 2.75) is 6.04 Å². The van der Waals surface area contributed by atoms with Crippen molar-refractivity contribution in [2.75, 3.05) is 34.4 Å². The summed E-state index contributed by atoms with van der Waals surface area (Å²) >= 11 is 1.36. The molecule has 25 heavy (non-hydrogen) atoms. The van der Waals surface area contributed by atoms with Crippen molar-refractivity contribution < 1.29 is 19.7 Å². The molecule has 0 aliphatic carbocycles. The predicted molar refractivity (Wildman–Crippen MR) is 93.6 cm³/mol. The van der Waals surface area contributed by atoms with Gasteiger partial charge in [0.15, 0.2) is 11.5 Å². The number of hydrogen-bond donors (Lipinski definition) is 2. The van der Waals surface area contributed by atoms with Crippen LogP contribution in [-0.2, 0) is 0 Å². The Morgan fingerprint density at radius 2 is 2.04 bits per heavy atom. The van der Waals surface area contributed by atoms with Crippen LogP contribution < -0.4 is 9.47 Å². The number of likely N-dealkylation sites (N-methyl/N-ethyl adjacent to an activating group) is 1. The van der Waals surface area contributed by atoms with Gasteiger partial charge in [0.1, 0.15) is 6.33 Å². The van der Waals surface area contributed by atoms with Crippen LogP contribution in [0.3, 0.4) is 0 Å². The molecule has 0 amide bonds. The molecular formula is C16H20N4O4S. The number of methoxy groups -OCH3 is 2. The van der Waals surface area contributed by atoms with Crippen LogP contribution in [0.1, 0.15) is 16.5 Å². The molecule has 0 saturated heterocycles. The monoisotopic (exact) mass is 364 g/mol. The number of nitrogens with zero attached hydrogens (tertiary/aromatic N) is 4. The molecule has 134 valence electrons. The number of aromatic nitrogens is 3. The van der Waals surface area contributed by atoms with Gasteiger partial charge in [0.2, 0.25) is 10.8 Å². The minimum Gasteiger partial charge on any atom is -0.493 e. The van der Waals surface area contributed by atoms with Gasteiger partial charge in [0.05, 0.1) is 31.7 Å². The van der Waals surface area contributed by atoms with Crippen LogP contribution in [-0.4, -0.2) is 64.1 Å². The van der Waals surface area contributed by atoms with E-state index in [1.807, 2.05) is 30.1 Å². The molecule has 1 aromatic carbocycles. The molecule has 3 aromatic rings. The van der Waals surface area contributed by atoms with Crippen LogP contribution in [0, 0.1) is 0 Å². The van der Waals surface area contributed by atoms with Crippen molar-refractivity contribution in [1.29, 1.82) is 0 Å². The molecule has 0 fully saturated rings. The maximum absolute atomic E-state index is 10.6. The average Bonchev–Trinajstić information content (AvgIpc) is 3.19. The molecule has 1 unspecified atom stereocenters. The number of hydrogen-bond acceptors (Lipinski definition) is 8. The lowest BCUT2D eigenvalue weighted by Crippen LogP contribution is -2.28. The summed E-state index contributed by atoms with van der Waals surface area (Å²) in [5, 5.41) is 24.0. The van der Waals surface area contributed by atoms with E-state index in [2.05, 4.69) is 10.1 Å². The van der Waals surface area contributed by atoms with Crippen molar-refractivity contribution >= 4 is 16.3 Å². The molecule has 0 radical (unpaired) electrons. The first-order valence-corrected chi connectivity index (χ1v) is 8.46. The van der Waals surface area contributed by atoms with Gasteiger partial charge in [-0.05, 0) is 24.7 Å². The van der Waals surface area contributed by atoms with Gasteiger partial charge in [-0.2, -0.15) is 9.61 Å². The maximum atomic E-state index is 10.6. The highest BCUT2D eigenvalue weighted by atomic mass is 32.1. The summed E-state index contributed by atoms with van der Waals surface area (Å²) < 4.78 is 12.1. The van der Waals surface area contributed by atoms with E-state index in [-0.39, 0.29) is 18.5 Å². The van der Waals surface area contributed by atoms with Gasteiger partial charge in [-0.1, -0.05) is 17.4 Å². The van der Waals surface area contributed by atoms with Crippen LogP contribution in [0.15, 0.2) is 24.5 Å². The van der Waals surface area contributed by atoms with Crippen LogP contribution in [0.5, 0.6) is 17.4 Å². The van der Waals surface area contributed by atoms with Crippen molar-refractivity contribution in [3.8, 4) is 17.4 Å². The Morgan fingerprint density at radius 3 is 2.68 bits per heavy atom. The predicted octanol–water partition coefficient (Wildman–Crippen LogP) is 1.53. The SMILES string of the molecule is COc1ccc(C(c2sc3ncnn3c2O)N(C)CCO)cc1OC. The number of thiazole rings is 1. The first-order valence-electron chi connectivity index (χ1n) is 7.65. The summed E-state index contributed by atoms with van der Waals surface area (Å²) in [4.78, 5) is 7.39. The maximum Gasteiger partial charge on any atom is 0.230 e. The first-order chi connectivity index (χ1) is 12.1. The van der Waals surface area contributed by atoms with Gasteiger partial charge in [-0.25, -0.2) is 4.98 Å². The minimum absolute atomic E-state index is 0.00180. The third-order valence-electron chi connectivity index (χ3n) is 4.00. The molecule has 0 aliphatic heterocycles. The Kier molecular flexibility index (Phi) is 5.07. The topological polar surface area (TPSA) is 92.4 Å². The number of aliphatic hydroxyl groups excluding tert-OH is 1. The third-order valence-corrected chi connectivity index (χ3v) is 5.09. The largest absolute Gasteiger partial charge is 0.493 e. The van der Waals surface area contributed by atoms with Crippen LogP contribution in [0.4, 0.5) is 0 Å². The molecule has 3 rings (SSSR count). The zero-order valence-electron chi connectivity index (χ0n) is 14.2. The number of fused-ring (bicyclic) bond motifs is 1. The van der Waals surface area contributed by atoms with E-state index in [4.69, 9.17) is 9.47 Å². The number of ether oxygens (including phenoxy) is 2. The standard InChI is InChI=1S/C16H20N4O4S/c1-19(6-7-21)13(10-4-5-11(23-2)12(8-10)24-3)14-15(22)20-16(25-14)17-9-18-20/h4-5,8-9,13,21-22H,6-7H2,1-3H3. The van der Waals surface area contributed by atoms with Gasteiger partial charge < -0.3 is 19.7 Å². The molecular weight excluding hydrogens is 344 g/mol. The van der Waals surface area contributed by atoms with E-state index >= 15 is 0 Å². The summed E-state index contributed by atoms with van der Waals surface area (Å²) in [6.45, 7) is 0.438. The highest BCUT2D eigenvalue weighted by Gasteiger charge is 2.27. The molecule has 1 atom stereocenters. The highest BCUT2D eigenvalue weighted by Crippen LogP contribution is 2.41. The molecule has 2 N–H and O–H groups in total. The zero-order valence-corrected chi connectivity index (χ0v) is 15.0. The van der Waals surface area contributed by atoms with E-state index in [0.29, 0.717) is 27.9 Å². The Balaban J connectivity index is 2.12. The van der Waals surface area contributed by atoms with E-state index < -0.39 is 0 Å². The molecule has 9 heteroatoms. The van der Waals surface area contributed by atoms with E-state index in [1.54, 1.807) is 14.2 Å². The van der Waals surface area contributed by atoms with Crippen molar-refractivity contribution in [3.63, 3.8) is 0 Å². The Morgan fingerprint density at radius 1 is 1.28 bits per heavy atom. The van der Waals surface area contributed by atoms with Crippen LogP contribution in [0.25, 0.3) is 4.96 Å². The number of rotatable bonds is 7. The second-order valence-corrected chi connectivity index (χ2v) is 6.47. The fourth-order valence-electron chi connectivity index (χ4n) is 2.79. The number of benzene rings is 1. The first kappa shape index (κ1) is 17.5. The van der Waals surface area contributed by atoms with E-state index in [9.17, 15) is 10.2 Å². The smallest absolute Gasteiger partial charge is 0.230 e. The van der Waals surface area contributed by atoms with Gasteiger partial charge in [0, 0.05) is 6.54 Å². The van der Waals surface area contributed by atoms with Crippen molar-refractivity contribution in [1.82, 2.24) is 19.5 Å². The lowest BCUT2D eigenvalue weighted by atomic mass is 10.0. The van der Waals surface area contributed by atoms with Crippen LogP contribution in [0.2, 0.25) is 0 Å². The van der Waals surface area contributed by atoms with Crippen molar-refractivity contribution in [3.05, 3.63) is 35.0 Å². The summed E-state index contributed by atoms with van der Waals surface area (Å²) in [6.07, 6.45) is 1.40. The lowest BCUT2D eigenvalue weighted by Gasteiger charge is -2.27. The minimum atomic E-state index is -0.291. The fraction of sp³-hybridized carbons (Fsp3) is 0.375.